The molecule has 0 bridgehead atoms. The normalized spacial score (nSPS) is 17.8. The number of piperidine rings is 2. The summed E-state index contributed by atoms with van der Waals surface area (Å²) in [5, 5.41) is 8.05. The Morgan fingerprint density at radius 2 is 1.71 bits per heavy atom. The average Bonchev–Trinajstić information content (AvgIpc) is 3.43. The molecule has 11 nitrogen and oxygen atoms in total. The van der Waals surface area contributed by atoms with Crippen molar-refractivity contribution in [3.05, 3.63) is 90.3 Å². The Balaban J connectivity index is 1.07. The number of likely N-dealkylation sites (tertiary alicyclic amines) is 1. The van der Waals surface area contributed by atoms with Gasteiger partial charge in [0, 0.05) is 31.6 Å². The molecule has 5 heterocycles. The molecular formula is C33H31FN8O3. The highest BCUT2D eigenvalue weighted by Crippen LogP contribution is 2.35. The van der Waals surface area contributed by atoms with Crippen molar-refractivity contribution in [2.24, 2.45) is 0 Å². The molecule has 0 aliphatic carbocycles. The van der Waals surface area contributed by atoms with Crippen molar-refractivity contribution in [3.63, 3.8) is 0 Å². The fraction of sp³-hybridized carbons (Fsp3) is 0.273. The van der Waals surface area contributed by atoms with Crippen LogP contribution in [0.15, 0.2) is 73.1 Å². The summed E-state index contributed by atoms with van der Waals surface area (Å²) >= 11 is 0. The third-order valence-electron chi connectivity index (χ3n) is 8.40. The van der Waals surface area contributed by atoms with Crippen LogP contribution in [-0.2, 0) is 16.1 Å². The quantitative estimate of drug-likeness (QED) is 0.198. The predicted octanol–water partition coefficient (Wildman–Crippen LogP) is 4.76. The Morgan fingerprint density at radius 3 is 2.47 bits per heavy atom. The fourth-order valence-corrected chi connectivity index (χ4v) is 6.16. The highest BCUT2D eigenvalue weighted by molar-refractivity contribution is 6.01. The molecule has 45 heavy (non-hydrogen) atoms. The molecule has 0 saturated carbocycles. The number of rotatable bonds is 7. The fourth-order valence-electron chi connectivity index (χ4n) is 6.16. The number of para-hydroxylation sites is 1. The molecule has 3 aromatic heterocycles. The molecule has 2 saturated heterocycles. The number of anilines is 1. The minimum Gasteiger partial charge on any atom is -0.457 e. The Hall–Kier alpha value is -5.23. The lowest BCUT2D eigenvalue weighted by molar-refractivity contribution is -0.134. The number of halogens is 1. The van der Waals surface area contributed by atoms with Gasteiger partial charge >= 0.3 is 0 Å². The summed E-state index contributed by atoms with van der Waals surface area (Å²) in [7, 11) is 0. The van der Waals surface area contributed by atoms with Crippen molar-refractivity contribution in [2.45, 2.75) is 44.2 Å². The molecule has 2 aromatic carbocycles. The van der Waals surface area contributed by atoms with Gasteiger partial charge in [0.2, 0.25) is 17.8 Å². The number of pyridine rings is 1. The van der Waals surface area contributed by atoms with Crippen molar-refractivity contribution in [2.75, 3.05) is 18.8 Å². The van der Waals surface area contributed by atoms with Crippen LogP contribution in [-0.4, -0.2) is 54.5 Å². The topological polar surface area (TPSA) is 141 Å². The van der Waals surface area contributed by atoms with Gasteiger partial charge in [-0.15, -0.1) is 0 Å². The summed E-state index contributed by atoms with van der Waals surface area (Å²) in [5.74, 6) is -0.163. The van der Waals surface area contributed by atoms with E-state index in [4.69, 9.17) is 15.6 Å². The lowest BCUT2D eigenvalue weighted by atomic mass is 9.93. The summed E-state index contributed by atoms with van der Waals surface area (Å²) in [6.07, 6.45) is 3.61. The number of benzene rings is 2. The number of ether oxygens (including phenoxy) is 1. The number of fused-ring (bicyclic) bond motifs is 1. The van der Waals surface area contributed by atoms with Gasteiger partial charge in [0.1, 0.15) is 29.3 Å². The molecule has 2 aliphatic heterocycles. The number of aromatic nitrogens is 5. The van der Waals surface area contributed by atoms with Gasteiger partial charge in [-0.1, -0.05) is 18.2 Å². The van der Waals surface area contributed by atoms with E-state index >= 15 is 0 Å². The first-order valence-corrected chi connectivity index (χ1v) is 15.0. The molecule has 5 aromatic rings. The molecule has 7 rings (SSSR count). The van der Waals surface area contributed by atoms with Crippen LogP contribution < -0.4 is 15.8 Å². The zero-order valence-electron chi connectivity index (χ0n) is 24.4. The Bertz CT molecular complexity index is 1870. The number of nitrogens with zero attached hydrogens (tertiary/aromatic N) is 6. The van der Waals surface area contributed by atoms with Gasteiger partial charge in [-0.05, 0) is 73.4 Å². The summed E-state index contributed by atoms with van der Waals surface area (Å²) in [6.45, 7) is 2.03. The van der Waals surface area contributed by atoms with E-state index in [2.05, 4.69) is 25.2 Å². The van der Waals surface area contributed by atoms with Gasteiger partial charge in [-0.3, -0.25) is 19.8 Å². The van der Waals surface area contributed by atoms with Gasteiger partial charge in [0.05, 0.1) is 23.0 Å². The maximum Gasteiger partial charge on any atom is 0.235 e. The minimum atomic E-state index is -0.632. The number of carbonyl (C=O) groups excluding carboxylic acids is 2. The lowest BCUT2D eigenvalue weighted by Gasteiger charge is -2.32. The van der Waals surface area contributed by atoms with Gasteiger partial charge in [0.25, 0.3) is 0 Å². The second-order valence-electron chi connectivity index (χ2n) is 11.4. The Kier molecular flexibility index (Phi) is 7.64. The first-order chi connectivity index (χ1) is 21.9. The molecule has 3 N–H and O–H groups in total. The van der Waals surface area contributed by atoms with Gasteiger partial charge in [-0.2, -0.15) is 9.49 Å². The lowest BCUT2D eigenvalue weighted by Crippen LogP contribution is -2.40. The number of nitrogens with two attached hydrogens (primary N) is 1. The monoisotopic (exact) mass is 606 g/mol. The molecule has 1 atom stereocenters. The van der Waals surface area contributed by atoms with Crippen LogP contribution in [0.4, 0.5) is 10.2 Å². The summed E-state index contributed by atoms with van der Waals surface area (Å²) in [5.41, 5.74) is 9.74. The zero-order valence-corrected chi connectivity index (χ0v) is 24.4. The number of nitrogen functional groups attached to an aromatic ring is 1. The van der Waals surface area contributed by atoms with Crippen LogP contribution >= 0.6 is 0 Å². The van der Waals surface area contributed by atoms with Crippen LogP contribution in [0, 0.1) is 5.95 Å². The van der Waals surface area contributed by atoms with E-state index in [1.165, 1.54) is 12.4 Å². The first-order valence-electron chi connectivity index (χ1n) is 15.0. The van der Waals surface area contributed by atoms with Crippen LogP contribution in [0.25, 0.3) is 22.3 Å². The Morgan fingerprint density at radius 1 is 0.956 bits per heavy atom. The van der Waals surface area contributed by atoms with E-state index in [0.29, 0.717) is 47.0 Å². The standard InChI is InChI=1S/C33H31FN8O3/c34-27-17-20(16-26(38-27)25-10-11-28(43)39-33(25)44)18-41-14-12-22(13-15-41)42-32-29(31(35)36-19-37-32)30(40-42)21-6-8-24(9-7-21)45-23-4-2-1-3-5-23/h1-9,16-17,19,22,25H,10-15,18H2,(H2,35,36,37)(H,39,43,44). The number of hydrogen-bond acceptors (Lipinski definition) is 9. The van der Waals surface area contributed by atoms with Gasteiger partial charge < -0.3 is 10.5 Å². The number of nitrogens with one attached hydrogen (secondary N) is 1. The maximum absolute atomic E-state index is 14.5. The molecular weight excluding hydrogens is 575 g/mol. The second-order valence-corrected chi connectivity index (χ2v) is 11.4. The molecule has 228 valence electrons. The summed E-state index contributed by atoms with van der Waals surface area (Å²) < 4.78 is 22.4. The van der Waals surface area contributed by atoms with E-state index in [1.807, 2.05) is 59.3 Å². The molecule has 1 unspecified atom stereocenters. The van der Waals surface area contributed by atoms with E-state index in [1.54, 1.807) is 6.07 Å². The van der Waals surface area contributed by atoms with Gasteiger partial charge in [0.15, 0.2) is 5.65 Å². The molecule has 2 amide bonds. The van der Waals surface area contributed by atoms with Gasteiger partial charge in [-0.25, -0.2) is 19.6 Å². The number of amides is 2. The van der Waals surface area contributed by atoms with Crippen molar-refractivity contribution in [1.82, 2.24) is 34.9 Å². The molecule has 12 heteroatoms. The van der Waals surface area contributed by atoms with Crippen LogP contribution in [0.5, 0.6) is 11.5 Å². The SMILES string of the molecule is Nc1ncnc2c1c(-c1ccc(Oc3ccccc3)cc1)nn2C1CCN(Cc2cc(F)nc(C3CCC(=O)NC3=O)c2)CC1. The predicted molar refractivity (Wildman–Crippen MR) is 165 cm³/mol. The molecule has 0 spiro atoms. The first kappa shape index (κ1) is 28.5. The number of imide groups is 1. The molecule has 0 radical (unpaired) electrons. The number of hydrogen-bond donors (Lipinski definition) is 2. The molecule has 2 fully saturated rings. The van der Waals surface area contributed by atoms with Crippen molar-refractivity contribution in [3.8, 4) is 22.8 Å². The maximum atomic E-state index is 14.5. The third-order valence-corrected chi connectivity index (χ3v) is 8.40. The van der Waals surface area contributed by atoms with Crippen molar-refractivity contribution in [1.29, 1.82) is 0 Å². The van der Waals surface area contributed by atoms with E-state index in [-0.39, 0.29) is 18.4 Å². The highest BCUT2D eigenvalue weighted by atomic mass is 19.1. The average molecular weight is 607 g/mol. The summed E-state index contributed by atoms with van der Waals surface area (Å²) in [4.78, 5) is 38.9. The minimum absolute atomic E-state index is 0.0840. The van der Waals surface area contributed by atoms with Crippen molar-refractivity contribution >= 4 is 28.7 Å². The van der Waals surface area contributed by atoms with E-state index in [9.17, 15) is 14.0 Å². The van der Waals surface area contributed by atoms with Crippen LogP contribution in [0.3, 0.4) is 0 Å². The number of carbonyl (C=O) groups is 2. The Labute approximate surface area is 258 Å². The largest absolute Gasteiger partial charge is 0.457 e. The second kappa shape index (κ2) is 12.0. The molecule has 2 aliphatic rings. The van der Waals surface area contributed by atoms with E-state index in [0.717, 1.165) is 42.8 Å². The third kappa shape index (κ3) is 5.96. The summed E-state index contributed by atoms with van der Waals surface area (Å²) in [6, 6.07) is 20.6. The van der Waals surface area contributed by atoms with Crippen LogP contribution in [0.1, 0.15) is 48.9 Å². The smallest absolute Gasteiger partial charge is 0.235 e. The van der Waals surface area contributed by atoms with Crippen LogP contribution in [0.2, 0.25) is 0 Å². The van der Waals surface area contributed by atoms with Crippen molar-refractivity contribution < 1.29 is 18.7 Å². The van der Waals surface area contributed by atoms with E-state index < -0.39 is 17.8 Å². The zero-order chi connectivity index (χ0) is 30.9. The highest BCUT2D eigenvalue weighted by Gasteiger charge is 2.30.